The van der Waals surface area contributed by atoms with Crippen molar-refractivity contribution < 1.29 is 29.0 Å². The van der Waals surface area contributed by atoms with E-state index in [2.05, 4.69) is 5.32 Å². The minimum absolute atomic E-state index is 0.0654. The molecule has 1 unspecified atom stereocenters. The highest BCUT2D eigenvalue weighted by atomic mass is 16.6. The molecular weight excluding hydrogens is 448 g/mol. The molecule has 0 radical (unpaired) electrons. The molecule has 2 atom stereocenters. The molecule has 2 amide bonds. The van der Waals surface area contributed by atoms with Gasteiger partial charge in [0.25, 0.3) is 0 Å². The van der Waals surface area contributed by atoms with Crippen LogP contribution < -0.4 is 5.32 Å². The van der Waals surface area contributed by atoms with Gasteiger partial charge in [-0.2, -0.15) is 0 Å². The summed E-state index contributed by atoms with van der Waals surface area (Å²) in [5, 5.41) is 15.1. The summed E-state index contributed by atoms with van der Waals surface area (Å²) in [6.45, 7) is 10.9. The molecule has 8 heteroatoms. The predicted octanol–water partition coefficient (Wildman–Crippen LogP) is 3.68. The average molecular weight is 487 g/mol. The summed E-state index contributed by atoms with van der Waals surface area (Å²) in [6, 6.07) is 12.2. The number of benzene rings is 2. The second-order valence-corrected chi connectivity index (χ2v) is 9.99. The molecule has 0 aliphatic heterocycles. The van der Waals surface area contributed by atoms with Crippen molar-refractivity contribution in [1.82, 2.24) is 10.2 Å². The highest BCUT2D eigenvalue weighted by Crippen LogP contribution is 2.18. The third-order valence-corrected chi connectivity index (χ3v) is 5.07. The van der Waals surface area contributed by atoms with Gasteiger partial charge in [-0.15, -0.1) is 0 Å². The first-order valence-corrected chi connectivity index (χ1v) is 12.0. The number of carbonyl (C=O) groups excluding carboxylic acids is 3. The van der Waals surface area contributed by atoms with Gasteiger partial charge in [0.05, 0.1) is 13.2 Å². The maximum Gasteiger partial charge on any atom is 0.336 e. The first-order valence-electron chi connectivity index (χ1n) is 12.0. The van der Waals surface area contributed by atoms with E-state index in [1.165, 1.54) is 4.90 Å². The Labute approximate surface area is 207 Å². The van der Waals surface area contributed by atoms with Crippen molar-refractivity contribution in [1.29, 1.82) is 0 Å². The number of rotatable bonds is 10. The molecule has 0 aromatic heterocycles. The lowest BCUT2D eigenvalue weighted by atomic mass is 10.0. The zero-order valence-corrected chi connectivity index (χ0v) is 21.5. The lowest BCUT2D eigenvalue weighted by molar-refractivity contribution is -0.157. The molecule has 2 rings (SSSR count). The molecule has 8 nitrogen and oxygen atoms in total. The number of hydrogen-bond acceptors (Lipinski definition) is 6. The van der Waals surface area contributed by atoms with Crippen LogP contribution in [-0.2, 0) is 25.5 Å². The van der Waals surface area contributed by atoms with Crippen LogP contribution in [-0.4, -0.2) is 65.4 Å². The number of amides is 2. The van der Waals surface area contributed by atoms with Gasteiger partial charge in [-0.05, 0) is 49.9 Å². The van der Waals surface area contributed by atoms with Crippen LogP contribution in [0.5, 0.6) is 0 Å². The van der Waals surface area contributed by atoms with Crippen molar-refractivity contribution in [2.24, 2.45) is 5.92 Å². The molecule has 0 spiro atoms. The van der Waals surface area contributed by atoms with E-state index in [4.69, 9.17) is 9.47 Å². The fourth-order valence-corrected chi connectivity index (χ4v) is 3.61. The summed E-state index contributed by atoms with van der Waals surface area (Å²) >= 11 is 0. The number of urea groups is 1. The second kappa shape index (κ2) is 12.5. The number of ether oxygens (including phenoxy) is 2. The van der Waals surface area contributed by atoms with E-state index >= 15 is 0 Å². The largest absolute Gasteiger partial charge is 0.464 e. The Balaban J connectivity index is 2.26. The molecule has 2 aromatic carbocycles. The van der Waals surface area contributed by atoms with Crippen molar-refractivity contribution >= 4 is 28.7 Å². The van der Waals surface area contributed by atoms with Crippen LogP contribution >= 0.6 is 0 Å². The predicted molar refractivity (Wildman–Crippen MR) is 135 cm³/mol. The van der Waals surface area contributed by atoms with E-state index in [1.807, 2.05) is 56.3 Å². The normalized spacial score (nSPS) is 13.3. The zero-order valence-electron chi connectivity index (χ0n) is 21.5. The molecule has 0 aliphatic carbocycles. The Hall–Kier alpha value is -3.13. The quantitative estimate of drug-likeness (QED) is 0.497. The van der Waals surface area contributed by atoms with Crippen LogP contribution in [0.2, 0.25) is 0 Å². The summed E-state index contributed by atoms with van der Waals surface area (Å²) in [7, 11) is 0. The molecule has 2 N–H and O–H groups in total. The van der Waals surface area contributed by atoms with E-state index in [0.29, 0.717) is 0 Å². The lowest BCUT2D eigenvalue weighted by Gasteiger charge is -2.30. The van der Waals surface area contributed by atoms with Crippen LogP contribution in [0.4, 0.5) is 4.79 Å². The molecular formula is C27H38N2O6. The summed E-state index contributed by atoms with van der Waals surface area (Å²) in [5.74, 6) is -1.29. The lowest BCUT2D eigenvalue weighted by Crippen LogP contribution is -2.53. The van der Waals surface area contributed by atoms with Crippen LogP contribution in [0.1, 0.15) is 47.1 Å². The van der Waals surface area contributed by atoms with E-state index in [1.54, 1.807) is 27.7 Å². The smallest absolute Gasteiger partial charge is 0.336 e. The first kappa shape index (κ1) is 28.1. The maximum absolute atomic E-state index is 13.2. The third kappa shape index (κ3) is 9.20. The van der Waals surface area contributed by atoms with Crippen LogP contribution in [0.25, 0.3) is 10.8 Å². The minimum atomic E-state index is -1.49. The second-order valence-electron chi connectivity index (χ2n) is 9.99. The number of nitrogens with zero attached hydrogens (tertiary/aromatic N) is 1. The van der Waals surface area contributed by atoms with Crippen LogP contribution in [0.15, 0.2) is 42.5 Å². The van der Waals surface area contributed by atoms with Crippen molar-refractivity contribution in [2.75, 3.05) is 19.7 Å². The van der Waals surface area contributed by atoms with Gasteiger partial charge in [0.1, 0.15) is 11.6 Å². The average Bonchev–Trinajstić information content (AvgIpc) is 2.76. The van der Waals surface area contributed by atoms with E-state index in [0.717, 1.165) is 16.3 Å². The maximum atomic E-state index is 13.2. The van der Waals surface area contributed by atoms with Crippen molar-refractivity contribution in [3.63, 3.8) is 0 Å². The molecule has 0 bridgehead atoms. The number of hydrogen-bond donors (Lipinski definition) is 2. The summed E-state index contributed by atoms with van der Waals surface area (Å²) in [6.07, 6.45) is -1.26. The standard InChI is InChI=1S/C27H38N2O6/c1-7-34-25(32)23(30)17-29(16-18(2)3)26(33)28-22(24(31)35-27(4,5)6)15-19-12-13-20-10-8-9-11-21(20)14-19/h8-14,18,22-23,30H,7,15-17H2,1-6H3,(H,28,33)/t22-,23?/m0/s1. The van der Waals surface area contributed by atoms with Gasteiger partial charge in [-0.1, -0.05) is 56.3 Å². The molecule has 0 saturated heterocycles. The Morgan fingerprint density at radius 2 is 1.66 bits per heavy atom. The van der Waals surface area contributed by atoms with Crippen molar-refractivity contribution in [3.05, 3.63) is 48.0 Å². The number of esters is 2. The molecule has 0 aliphatic rings. The first-order chi connectivity index (χ1) is 16.4. The molecule has 0 saturated carbocycles. The van der Waals surface area contributed by atoms with Gasteiger partial charge >= 0.3 is 18.0 Å². The topological polar surface area (TPSA) is 105 Å². The Bertz CT molecular complexity index is 1010. The summed E-state index contributed by atoms with van der Waals surface area (Å²) in [5.41, 5.74) is 0.128. The molecule has 2 aromatic rings. The molecule has 192 valence electrons. The number of nitrogens with one attached hydrogen (secondary N) is 1. The van der Waals surface area contributed by atoms with E-state index in [9.17, 15) is 19.5 Å². The summed E-state index contributed by atoms with van der Waals surface area (Å²) < 4.78 is 10.4. The van der Waals surface area contributed by atoms with Gasteiger partial charge in [0.2, 0.25) is 0 Å². The Morgan fingerprint density at radius 1 is 1.00 bits per heavy atom. The van der Waals surface area contributed by atoms with Gasteiger partial charge in [0, 0.05) is 13.0 Å². The molecule has 35 heavy (non-hydrogen) atoms. The highest BCUT2D eigenvalue weighted by molar-refractivity contribution is 5.86. The third-order valence-electron chi connectivity index (χ3n) is 5.07. The monoisotopic (exact) mass is 486 g/mol. The SMILES string of the molecule is CCOC(=O)C(O)CN(CC(C)C)C(=O)N[C@@H](Cc1ccc2ccccc2c1)C(=O)OC(C)(C)C. The van der Waals surface area contributed by atoms with Crippen LogP contribution in [0.3, 0.4) is 0 Å². The number of carbonyl (C=O) groups is 3. The van der Waals surface area contributed by atoms with Gasteiger partial charge in [-0.25, -0.2) is 14.4 Å². The molecule has 0 heterocycles. The van der Waals surface area contributed by atoms with Gasteiger partial charge in [0.15, 0.2) is 6.10 Å². The minimum Gasteiger partial charge on any atom is -0.464 e. The van der Waals surface area contributed by atoms with Gasteiger partial charge in [-0.3, -0.25) is 0 Å². The number of aliphatic hydroxyl groups is 1. The summed E-state index contributed by atoms with van der Waals surface area (Å²) in [4.78, 5) is 39.5. The Morgan fingerprint density at radius 3 is 2.26 bits per heavy atom. The van der Waals surface area contributed by atoms with Crippen LogP contribution in [0, 0.1) is 5.92 Å². The zero-order chi connectivity index (χ0) is 26.2. The number of fused-ring (bicyclic) bond motifs is 1. The van der Waals surface area contributed by atoms with E-state index in [-0.39, 0.29) is 32.0 Å². The highest BCUT2D eigenvalue weighted by Gasteiger charge is 2.30. The fraction of sp³-hybridized carbons (Fsp3) is 0.519. The molecule has 0 fully saturated rings. The number of aliphatic hydroxyl groups excluding tert-OH is 1. The van der Waals surface area contributed by atoms with Gasteiger partial charge < -0.3 is 24.8 Å². The van der Waals surface area contributed by atoms with Crippen molar-refractivity contribution in [2.45, 2.75) is 65.7 Å². The fourth-order valence-electron chi connectivity index (χ4n) is 3.61. The van der Waals surface area contributed by atoms with Crippen molar-refractivity contribution in [3.8, 4) is 0 Å². The van der Waals surface area contributed by atoms with E-state index < -0.39 is 35.7 Å². The Kier molecular flexibility index (Phi) is 10.1.